The van der Waals surface area contributed by atoms with Gasteiger partial charge in [0.15, 0.2) is 0 Å². The predicted molar refractivity (Wildman–Crippen MR) is 81.6 cm³/mol. The first-order valence-corrected chi connectivity index (χ1v) is 6.87. The van der Waals surface area contributed by atoms with E-state index in [9.17, 15) is 13.6 Å². The third-order valence-electron chi connectivity index (χ3n) is 2.41. The van der Waals surface area contributed by atoms with Gasteiger partial charge >= 0.3 is 0 Å². The Balaban J connectivity index is 0.00000361. The van der Waals surface area contributed by atoms with Crippen LogP contribution in [0.4, 0.5) is 14.5 Å². The lowest BCUT2D eigenvalue weighted by atomic mass is 10.0. The normalized spacial score (nSPS) is 12.2. The van der Waals surface area contributed by atoms with Crippen LogP contribution >= 0.6 is 24.2 Å². The van der Waals surface area contributed by atoms with E-state index in [1.807, 2.05) is 13.8 Å². The zero-order valence-electron chi connectivity index (χ0n) is 11.3. The molecule has 1 atom stereocenters. The zero-order chi connectivity index (χ0) is 14.4. The number of amides is 1. The number of anilines is 1. The smallest absolute Gasteiger partial charge is 0.288 e. The molecule has 0 fully saturated rings. The summed E-state index contributed by atoms with van der Waals surface area (Å²) in [5.41, 5.74) is 6.30. The summed E-state index contributed by atoms with van der Waals surface area (Å²) in [6.07, 6.45) is 0.602. The Labute approximate surface area is 128 Å². The lowest BCUT2D eigenvalue weighted by molar-refractivity contribution is -0.117. The number of nitrogens with one attached hydrogen (secondary N) is 1. The van der Waals surface area contributed by atoms with Crippen LogP contribution in [0.2, 0.25) is 0 Å². The van der Waals surface area contributed by atoms with Crippen molar-refractivity contribution in [3.63, 3.8) is 0 Å². The summed E-state index contributed by atoms with van der Waals surface area (Å²) in [7, 11) is 0. The molecule has 3 N–H and O–H groups in total. The number of carbonyl (C=O) groups is 1. The summed E-state index contributed by atoms with van der Waals surface area (Å²) in [5.74, 6) is -2.37. The minimum Gasteiger partial charge on any atom is -0.325 e. The molecule has 0 spiro atoms. The second-order valence-corrected chi connectivity index (χ2v) is 5.69. The summed E-state index contributed by atoms with van der Waals surface area (Å²) in [5, 5.41) is 2.67. The highest BCUT2D eigenvalue weighted by molar-refractivity contribution is 7.99. The second kappa shape index (κ2) is 9.15. The molecular weight excluding hydrogens is 306 g/mol. The van der Waals surface area contributed by atoms with Gasteiger partial charge in [0, 0.05) is 10.6 Å². The van der Waals surface area contributed by atoms with Crippen molar-refractivity contribution in [3.05, 3.63) is 24.3 Å². The number of hydrogen-bond acceptors (Lipinski definition) is 3. The van der Waals surface area contributed by atoms with Gasteiger partial charge in [-0.05, 0) is 36.6 Å². The molecule has 0 saturated carbocycles. The summed E-state index contributed by atoms with van der Waals surface area (Å²) in [6, 6.07) is 5.70. The van der Waals surface area contributed by atoms with Gasteiger partial charge in [0.2, 0.25) is 5.91 Å². The quantitative estimate of drug-likeness (QED) is 0.784. The van der Waals surface area contributed by atoms with Crippen molar-refractivity contribution in [3.8, 4) is 0 Å². The summed E-state index contributed by atoms with van der Waals surface area (Å²) in [6.45, 7) is 3.98. The van der Waals surface area contributed by atoms with Crippen molar-refractivity contribution in [2.75, 3.05) is 5.32 Å². The summed E-state index contributed by atoms with van der Waals surface area (Å²) >= 11 is 0.470. The number of alkyl halides is 2. The molecular formula is C13H19ClF2N2OS. The molecule has 20 heavy (non-hydrogen) atoms. The molecule has 1 aromatic carbocycles. The van der Waals surface area contributed by atoms with Crippen LogP contribution < -0.4 is 11.1 Å². The van der Waals surface area contributed by atoms with E-state index in [2.05, 4.69) is 5.32 Å². The lowest BCUT2D eigenvalue weighted by Crippen LogP contribution is -2.36. The summed E-state index contributed by atoms with van der Waals surface area (Å²) in [4.78, 5) is 12.2. The van der Waals surface area contributed by atoms with Gasteiger partial charge in [0.05, 0.1) is 6.04 Å². The average Bonchev–Trinajstić information content (AvgIpc) is 2.30. The fourth-order valence-electron chi connectivity index (χ4n) is 1.57. The van der Waals surface area contributed by atoms with Gasteiger partial charge in [-0.15, -0.1) is 12.4 Å². The van der Waals surface area contributed by atoms with E-state index in [1.165, 1.54) is 0 Å². The highest BCUT2D eigenvalue weighted by atomic mass is 35.5. The van der Waals surface area contributed by atoms with Crippen molar-refractivity contribution in [2.45, 2.75) is 37.0 Å². The molecule has 0 aromatic heterocycles. The topological polar surface area (TPSA) is 55.1 Å². The van der Waals surface area contributed by atoms with E-state index < -0.39 is 11.8 Å². The molecule has 3 nitrogen and oxygen atoms in total. The van der Waals surface area contributed by atoms with E-state index in [0.717, 1.165) is 0 Å². The van der Waals surface area contributed by atoms with Crippen LogP contribution in [-0.2, 0) is 4.79 Å². The van der Waals surface area contributed by atoms with Crippen molar-refractivity contribution < 1.29 is 13.6 Å². The number of nitrogens with two attached hydrogens (primary N) is 1. The molecule has 1 amide bonds. The average molecular weight is 325 g/mol. The molecule has 1 aromatic rings. The Morgan fingerprint density at radius 2 is 1.85 bits per heavy atom. The minimum atomic E-state index is -2.44. The molecule has 0 aliphatic heterocycles. The third kappa shape index (κ3) is 7.07. The number of benzene rings is 1. The predicted octanol–water partition coefficient (Wildman–Crippen LogP) is 3.74. The van der Waals surface area contributed by atoms with E-state index in [0.29, 0.717) is 34.7 Å². The summed E-state index contributed by atoms with van der Waals surface area (Å²) < 4.78 is 24.3. The standard InChI is InChI=1S/C13H18F2N2OS.ClH/c1-8(2)7-11(16)12(18)17-9-3-5-10(6-4-9)19-13(14)15;/h3-6,8,11,13H,7,16H2,1-2H3,(H,17,18);1H/t11-;/m0./s1. The molecule has 0 unspecified atom stereocenters. The van der Waals surface area contributed by atoms with Crippen LogP contribution in [0.1, 0.15) is 20.3 Å². The highest BCUT2D eigenvalue weighted by Crippen LogP contribution is 2.26. The maximum Gasteiger partial charge on any atom is 0.288 e. The van der Waals surface area contributed by atoms with Crippen molar-refractivity contribution in [1.29, 1.82) is 0 Å². The molecule has 0 bridgehead atoms. The SMILES string of the molecule is CC(C)C[C@H](N)C(=O)Nc1ccc(SC(F)F)cc1.Cl. The Bertz CT molecular complexity index is 415. The zero-order valence-corrected chi connectivity index (χ0v) is 12.9. The lowest BCUT2D eigenvalue weighted by Gasteiger charge is -2.14. The first-order chi connectivity index (χ1) is 8.88. The van der Waals surface area contributed by atoms with Gasteiger partial charge in [0.25, 0.3) is 5.76 Å². The van der Waals surface area contributed by atoms with E-state index in [4.69, 9.17) is 5.73 Å². The Morgan fingerprint density at radius 1 is 1.30 bits per heavy atom. The highest BCUT2D eigenvalue weighted by Gasteiger charge is 2.15. The molecule has 1 rings (SSSR count). The van der Waals surface area contributed by atoms with E-state index in [1.54, 1.807) is 24.3 Å². The first kappa shape index (κ1) is 19.1. The molecule has 0 radical (unpaired) electrons. The molecule has 0 saturated heterocycles. The Morgan fingerprint density at radius 3 is 2.30 bits per heavy atom. The van der Waals surface area contributed by atoms with Crippen LogP contribution in [0.3, 0.4) is 0 Å². The number of thioether (sulfide) groups is 1. The van der Waals surface area contributed by atoms with Gasteiger partial charge < -0.3 is 11.1 Å². The van der Waals surface area contributed by atoms with Crippen LogP contribution in [0.5, 0.6) is 0 Å². The van der Waals surface area contributed by atoms with Gasteiger partial charge in [-0.2, -0.15) is 8.78 Å². The molecule has 0 aliphatic carbocycles. The molecule has 114 valence electrons. The maximum absolute atomic E-state index is 12.1. The van der Waals surface area contributed by atoms with Crippen molar-refractivity contribution in [2.24, 2.45) is 11.7 Å². The van der Waals surface area contributed by atoms with Crippen LogP contribution in [-0.4, -0.2) is 17.7 Å². The van der Waals surface area contributed by atoms with Gasteiger partial charge in [-0.25, -0.2) is 0 Å². The third-order valence-corrected chi connectivity index (χ3v) is 3.13. The van der Waals surface area contributed by atoms with Crippen molar-refractivity contribution >= 4 is 35.8 Å². The minimum absolute atomic E-state index is 0. The molecule has 7 heteroatoms. The fraction of sp³-hybridized carbons (Fsp3) is 0.462. The largest absolute Gasteiger partial charge is 0.325 e. The maximum atomic E-state index is 12.1. The number of hydrogen-bond donors (Lipinski definition) is 2. The monoisotopic (exact) mass is 324 g/mol. The Kier molecular flexibility index (Phi) is 8.76. The Hall–Kier alpha value is -0.850. The van der Waals surface area contributed by atoms with Gasteiger partial charge in [-0.3, -0.25) is 4.79 Å². The van der Waals surface area contributed by atoms with Crippen LogP contribution in [0.15, 0.2) is 29.2 Å². The van der Waals surface area contributed by atoms with Crippen molar-refractivity contribution in [1.82, 2.24) is 0 Å². The van der Waals surface area contributed by atoms with E-state index >= 15 is 0 Å². The fourth-order valence-corrected chi connectivity index (χ4v) is 2.07. The van der Waals surface area contributed by atoms with Gasteiger partial charge in [-0.1, -0.05) is 25.6 Å². The number of halogens is 3. The van der Waals surface area contributed by atoms with Crippen LogP contribution in [0.25, 0.3) is 0 Å². The second-order valence-electron chi connectivity index (χ2n) is 4.63. The molecule has 0 aliphatic rings. The number of carbonyl (C=O) groups excluding carboxylic acids is 1. The first-order valence-electron chi connectivity index (χ1n) is 5.99. The molecule has 0 heterocycles. The van der Waals surface area contributed by atoms with Gasteiger partial charge in [0.1, 0.15) is 0 Å². The van der Waals surface area contributed by atoms with Crippen LogP contribution in [0, 0.1) is 5.92 Å². The number of rotatable bonds is 6. The van der Waals surface area contributed by atoms with E-state index in [-0.39, 0.29) is 18.3 Å².